The molecule has 0 heterocycles. The molecule has 0 amide bonds. The molecule has 3 aromatic rings. The molecule has 24 heavy (non-hydrogen) atoms. The molecule has 0 atom stereocenters. The Hall–Kier alpha value is -2.35. The molecule has 4 heteroatoms. The smallest absolute Gasteiger partial charge is 0.261 e. The maximum atomic E-state index is 13.5. The van der Waals surface area contributed by atoms with Gasteiger partial charge in [-0.1, -0.05) is 54.6 Å². The van der Waals surface area contributed by atoms with E-state index in [0.717, 1.165) is 5.75 Å². The van der Waals surface area contributed by atoms with Gasteiger partial charge in [0.15, 0.2) is 0 Å². The lowest BCUT2D eigenvalue weighted by Gasteiger charge is -2.19. The van der Waals surface area contributed by atoms with Gasteiger partial charge in [0.05, 0.1) is 6.61 Å². The normalized spacial score (nSPS) is 11.2. The van der Waals surface area contributed by atoms with Crippen molar-refractivity contribution in [2.75, 3.05) is 13.2 Å². The summed E-state index contributed by atoms with van der Waals surface area (Å²) >= 11 is 0. The SMILES string of the molecule is O=P(OCCOc1ccccc1)(c1ccccc1)c1ccccc1. The van der Waals surface area contributed by atoms with Crippen molar-refractivity contribution in [2.24, 2.45) is 0 Å². The number of ether oxygens (including phenoxy) is 1. The third-order valence-electron chi connectivity index (χ3n) is 3.56. The molecule has 0 saturated carbocycles. The summed E-state index contributed by atoms with van der Waals surface area (Å²) in [5, 5.41) is 1.38. The van der Waals surface area contributed by atoms with Crippen LogP contribution in [-0.4, -0.2) is 13.2 Å². The first-order valence-corrected chi connectivity index (χ1v) is 9.45. The third kappa shape index (κ3) is 3.94. The molecule has 0 aliphatic rings. The Morgan fingerprint density at radius 1 is 0.625 bits per heavy atom. The summed E-state index contributed by atoms with van der Waals surface area (Å²) in [6.45, 7) is 0.587. The Kier molecular flexibility index (Phi) is 5.47. The van der Waals surface area contributed by atoms with Gasteiger partial charge in [-0.15, -0.1) is 0 Å². The first kappa shape index (κ1) is 16.5. The van der Waals surface area contributed by atoms with Crippen molar-refractivity contribution in [3.8, 4) is 5.75 Å². The number of rotatable bonds is 7. The standard InChI is InChI=1S/C20H19O3P/c21-24(19-12-6-2-7-13-19,20-14-8-3-9-15-20)23-17-16-22-18-10-4-1-5-11-18/h1-15H,16-17H2. The summed E-state index contributed by atoms with van der Waals surface area (Å²) < 4.78 is 25.0. The van der Waals surface area contributed by atoms with Crippen LogP contribution in [0.2, 0.25) is 0 Å². The van der Waals surface area contributed by atoms with Gasteiger partial charge >= 0.3 is 0 Å². The maximum Gasteiger partial charge on any atom is 0.261 e. The maximum absolute atomic E-state index is 13.5. The van der Waals surface area contributed by atoms with E-state index in [9.17, 15) is 4.57 Å². The van der Waals surface area contributed by atoms with E-state index < -0.39 is 7.37 Å². The van der Waals surface area contributed by atoms with Crippen molar-refractivity contribution in [1.82, 2.24) is 0 Å². The highest BCUT2D eigenvalue weighted by molar-refractivity contribution is 7.74. The number of hydrogen-bond acceptors (Lipinski definition) is 3. The highest BCUT2D eigenvalue weighted by Gasteiger charge is 2.28. The van der Waals surface area contributed by atoms with Crippen LogP contribution in [0.25, 0.3) is 0 Å². The van der Waals surface area contributed by atoms with Crippen LogP contribution >= 0.6 is 7.37 Å². The van der Waals surface area contributed by atoms with Gasteiger partial charge in [0.25, 0.3) is 7.37 Å². The van der Waals surface area contributed by atoms with E-state index in [1.54, 1.807) is 0 Å². The van der Waals surface area contributed by atoms with Crippen molar-refractivity contribution >= 4 is 18.0 Å². The second-order valence-electron chi connectivity index (χ2n) is 5.22. The zero-order chi connectivity index (χ0) is 16.7. The molecule has 0 aromatic heterocycles. The Morgan fingerprint density at radius 2 is 1.08 bits per heavy atom. The van der Waals surface area contributed by atoms with Crippen LogP contribution in [-0.2, 0) is 9.09 Å². The van der Waals surface area contributed by atoms with Gasteiger partial charge in [-0.25, -0.2) is 0 Å². The fourth-order valence-electron chi connectivity index (χ4n) is 2.39. The fraction of sp³-hybridized carbons (Fsp3) is 0.100. The van der Waals surface area contributed by atoms with Gasteiger partial charge in [0, 0.05) is 10.6 Å². The van der Waals surface area contributed by atoms with E-state index in [0.29, 0.717) is 17.2 Å². The summed E-state index contributed by atoms with van der Waals surface area (Å²) in [6.07, 6.45) is 0. The monoisotopic (exact) mass is 338 g/mol. The largest absolute Gasteiger partial charge is 0.491 e. The van der Waals surface area contributed by atoms with E-state index in [1.807, 2.05) is 91.0 Å². The number of hydrogen-bond donors (Lipinski definition) is 0. The summed E-state index contributed by atoms with van der Waals surface area (Å²) in [4.78, 5) is 0. The molecule has 3 nitrogen and oxygen atoms in total. The Balaban J connectivity index is 1.73. The van der Waals surface area contributed by atoms with Crippen molar-refractivity contribution < 1.29 is 13.8 Å². The van der Waals surface area contributed by atoms with E-state index in [1.165, 1.54) is 0 Å². The molecular formula is C20H19O3P. The molecule has 0 unspecified atom stereocenters. The van der Waals surface area contributed by atoms with Crippen LogP contribution in [0.1, 0.15) is 0 Å². The topological polar surface area (TPSA) is 35.5 Å². The van der Waals surface area contributed by atoms with Crippen LogP contribution in [0.15, 0.2) is 91.0 Å². The molecule has 0 radical (unpaired) electrons. The Labute approximate surface area is 142 Å². The second-order valence-corrected chi connectivity index (χ2v) is 7.61. The average molecular weight is 338 g/mol. The van der Waals surface area contributed by atoms with Gasteiger partial charge in [0.2, 0.25) is 0 Å². The molecule has 0 N–H and O–H groups in total. The van der Waals surface area contributed by atoms with Gasteiger partial charge in [-0.2, -0.15) is 0 Å². The number of benzene rings is 3. The highest BCUT2D eigenvalue weighted by Crippen LogP contribution is 2.44. The minimum Gasteiger partial charge on any atom is -0.491 e. The van der Waals surface area contributed by atoms with Crippen LogP contribution in [0, 0.1) is 0 Å². The predicted molar refractivity (Wildman–Crippen MR) is 97.6 cm³/mol. The summed E-state index contributed by atoms with van der Waals surface area (Å²) in [6, 6.07) is 28.2. The molecule has 122 valence electrons. The van der Waals surface area contributed by atoms with E-state index in [4.69, 9.17) is 9.26 Å². The predicted octanol–water partition coefficient (Wildman–Crippen LogP) is 4.01. The fourth-order valence-corrected chi connectivity index (χ4v) is 4.45. The van der Waals surface area contributed by atoms with Crippen LogP contribution in [0.3, 0.4) is 0 Å². The molecule has 3 aromatic carbocycles. The van der Waals surface area contributed by atoms with Crippen LogP contribution < -0.4 is 15.3 Å². The lowest BCUT2D eigenvalue weighted by molar-refractivity contribution is 0.223. The zero-order valence-electron chi connectivity index (χ0n) is 13.2. The Morgan fingerprint density at radius 3 is 1.58 bits per heavy atom. The number of para-hydroxylation sites is 1. The summed E-state index contributed by atoms with van der Waals surface area (Å²) in [7, 11) is -3.13. The molecule has 3 rings (SSSR count). The molecule has 0 spiro atoms. The molecule has 0 fully saturated rings. The van der Waals surface area contributed by atoms with Gasteiger partial charge in [0.1, 0.15) is 12.4 Å². The van der Waals surface area contributed by atoms with Gasteiger partial charge < -0.3 is 9.26 Å². The van der Waals surface area contributed by atoms with Crippen molar-refractivity contribution in [3.63, 3.8) is 0 Å². The minimum absolute atomic E-state index is 0.246. The van der Waals surface area contributed by atoms with Crippen molar-refractivity contribution in [3.05, 3.63) is 91.0 Å². The molecular weight excluding hydrogens is 319 g/mol. The van der Waals surface area contributed by atoms with Crippen molar-refractivity contribution in [1.29, 1.82) is 0 Å². The lowest BCUT2D eigenvalue weighted by Crippen LogP contribution is -2.20. The van der Waals surface area contributed by atoms with E-state index in [2.05, 4.69) is 0 Å². The van der Waals surface area contributed by atoms with Gasteiger partial charge in [-0.05, 0) is 36.4 Å². The highest BCUT2D eigenvalue weighted by atomic mass is 31.2. The van der Waals surface area contributed by atoms with Crippen molar-refractivity contribution in [2.45, 2.75) is 0 Å². The van der Waals surface area contributed by atoms with Gasteiger partial charge in [-0.3, -0.25) is 4.57 Å². The van der Waals surface area contributed by atoms with E-state index in [-0.39, 0.29) is 6.61 Å². The lowest BCUT2D eigenvalue weighted by atomic mass is 10.3. The second kappa shape index (κ2) is 7.96. The quantitative estimate of drug-likeness (QED) is 0.482. The molecule has 0 aliphatic carbocycles. The van der Waals surface area contributed by atoms with E-state index >= 15 is 0 Å². The first-order valence-electron chi connectivity index (χ1n) is 7.83. The zero-order valence-corrected chi connectivity index (χ0v) is 14.1. The third-order valence-corrected chi connectivity index (χ3v) is 6.06. The Bertz CT molecular complexity index is 745. The van der Waals surface area contributed by atoms with Crippen LogP contribution in [0.5, 0.6) is 5.75 Å². The summed E-state index contributed by atoms with van der Waals surface area (Å²) in [5.41, 5.74) is 0. The molecule has 0 bridgehead atoms. The average Bonchev–Trinajstić information content (AvgIpc) is 2.67. The van der Waals surface area contributed by atoms with Crippen LogP contribution in [0.4, 0.5) is 0 Å². The first-order chi connectivity index (χ1) is 11.8. The molecule has 0 saturated heterocycles. The molecule has 0 aliphatic heterocycles. The minimum atomic E-state index is -3.13. The summed E-state index contributed by atoms with van der Waals surface area (Å²) in [5.74, 6) is 0.773.